The van der Waals surface area contributed by atoms with Crippen LogP contribution in [0.5, 0.6) is 0 Å². The monoisotopic (exact) mass is 324 g/mol. The predicted molar refractivity (Wildman–Crippen MR) is 75.8 cm³/mol. The minimum absolute atomic E-state index is 0.264. The van der Waals surface area contributed by atoms with Gasteiger partial charge in [-0.05, 0) is 41.5 Å². The molecule has 0 fully saturated rings. The first-order chi connectivity index (χ1) is 11.5. The second-order valence-corrected chi connectivity index (χ2v) is 4.66. The van der Waals surface area contributed by atoms with E-state index in [0.29, 0.717) is 5.76 Å². The Labute approximate surface area is 134 Å². The Balaban J connectivity index is 1.94. The third-order valence-corrected chi connectivity index (χ3v) is 3.04. The zero-order valence-corrected chi connectivity index (χ0v) is 11.9. The summed E-state index contributed by atoms with van der Waals surface area (Å²) in [5.74, 6) is -2.36. The maximum Gasteiger partial charge on any atom is 0.147 e. The molecule has 0 saturated heterocycles. The number of benzene rings is 1. The highest BCUT2D eigenvalue weighted by Gasteiger charge is 2.08. The summed E-state index contributed by atoms with van der Waals surface area (Å²) in [5, 5.41) is 33.2. The van der Waals surface area contributed by atoms with Crippen LogP contribution < -0.4 is 10.2 Å². The van der Waals surface area contributed by atoms with Gasteiger partial charge in [0.25, 0.3) is 0 Å². The SMILES string of the molecule is O=C([O-])c1cc(C(=O)[O-])cc(-c2ccc(/C=N/n3cnnc3)o2)c1. The standard InChI is InChI=1S/C15H10N4O5/c20-14(21)10-3-9(4-11(5-10)15(22)23)13-2-1-12(24-13)6-18-19-7-16-17-8-19/h1-8H,(H,20,21)(H,22,23)/p-2/b18-6+. The van der Waals surface area contributed by atoms with E-state index in [1.807, 2.05) is 0 Å². The Morgan fingerprint density at radius 1 is 1.04 bits per heavy atom. The van der Waals surface area contributed by atoms with Crippen LogP contribution in [0.15, 0.2) is 52.5 Å². The van der Waals surface area contributed by atoms with Crippen LogP contribution in [0.25, 0.3) is 11.3 Å². The van der Waals surface area contributed by atoms with Crippen LogP contribution in [0.2, 0.25) is 0 Å². The quantitative estimate of drug-likeness (QED) is 0.557. The molecule has 0 radical (unpaired) electrons. The second kappa shape index (κ2) is 6.16. The van der Waals surface area contributed by atoms with E-state index in [0.717, 1.165) is 6.07 Å². The van der Waals surface area contributed by atoms with Gasteiger partial charge in [0, 0.05) is 5.56 Å². The first kappa shape index (κ1) is 15.2. The zero-order valence-electron chi connectivity index (χ0n) is 11.9. The molecule has 0 aliphatic heterocycles. The molecule has 0 amide bonds. The molecule has 0 saturated carbocycles. The van der Waals surface area contributed by atoms with Crippen molar-refractivity contribution < 1.29 is 24.2 Å². The lowest BCUT2D eigenvalue weighted by Gasteiger charge is -2.09. The zero-order chi connectivity index (χ0) is 17.1. The lowest BCUT2D eigenvalue weighted by atomic mass is 10.0. The molecular weight excluding hydrogens is 316 g/mol. The van der Waals surface area contributed by atoms with E-state index in [1.165, 1.54) is 35.7 Å². The van der Waals surface area contributed by atoms with Crippen LogP contribution in [0, 0.1) is 0 Å². The summed E-state index contributed by atoms with van der Waals surface area (Å²) in [7, 11) is 0. The van der Waals surface area contributed by atoms with Crippen molar-refractivity contribution in [2.45, 2.75) is 0 Å². The van der Waals surface area contributed by atoms with Crippen LogP contribution in [0.1, 0.15) is 26.5 Å². The maximum atomic E-state index is 11.0. The summed E-state index contributed by atoms with van der Waals surface area (Å²) in [5.41, 5.74) is -0.314. The maximum absolute atomic E-state index is 11.0. The van der Waals surface area contributed by atoms with E-state index in [-0.39, 0.29) is 22.5 Å². The second-order valence-electron chi connectivity index (χ2n) is 4.66. The lowest BCUT2D eigenvalue weighted by molar-refractivity contribution is -0.255. The first-order valence-corrected chi connectivity index (χ1v) is 6.60. The number of aromatic nitrogens is 3. The van der Waals surface area contributed by atoms with E-state index in [2.05, 4.69) is 15.3 Å². The summed E-state index contributed by atoms with van der Waals surface area (Å²) >= 11 is 0. The molecule has 120 valence electrons. The van der Waals surface area contributed by atoms with E-state index >= 15 is 0 Å². The highest BCUT2D eigenvalue weighted by Crippen LogP contribution is 2.24. The normalized spacial score (nSPS) is 11.0. The van der Waals surface area contributed by atoms with Crippen molar-refractivity contribution in [2.24, 2.45) is 5.10 Å². The fourth-order valence-corrected chi connectivity index (χ4v) is 1.96. The van der Waals surface area contributed by atoms with Crippen molar-refractivity contribution in [1.29, 1.82) is 0 Å². The van der Waals surface area contributed by atoms with Gasteiger partial charge < -0.3 is 24.2 Å². The van der Waals surface area contributed by atoms with Crippen LogP contribution in [0.4, 0.5) is 0 Å². The van der Waals surface area contributed by atoms with Crippen molar-refractivity contribution >= 4 is 18.2 Å². The summed E-state index contributed by atoms with van der Waals surface area (Å²) in [6.45, 7) is 0. The van der Waals surface area contributed by atoms with Crippen molar-refractivity contribution in [3.63, 3.8) is 0 Å². The van der Waals surface area contributed by atoms with Crippen molar-refractivity contribution in [2.75, 3.05) is 0 Å². The van der Waals surface area contributed by atoms with Gasteiger partial charge in [0.1, 0.15) is 24.2 Å². The largest absolute Gasteiger partial charge is 0.545 e. The molecule has 0 aliphatic rings. The molecule has 0 atom stereocenters. The van der Waals surface area contributed by atoms with Crippen molar-refractivity contribution in [1.82, 2.24) is 14.9 Å². The van der Waals surface area contributed by atoms with E-state index in [1.54, 1.807) is 12.1 Å². The number of nitrogens with zero attached hydrogens (tertiary/aromatic N) is 4. The molecule has 0 unspecified atom stereocenters. The topological polar surface area (TPSA) is 136 Å². The average molecular weight is 324 g/mol. The van der Waals surface area contributed by atoms with Crippen molar-refractivity contribution in [3.8, 4) is 11.3 Å². The third-order valence-electron chi connectivity index (χ3n) is 3.04. The molecule has 3 rings (SSSR count). The summed E-state index contributed by atoms with van der Waals surface area (Å²) in [6.07, 6.45) is 4.17. The van der Waals surface area contributed by atoms with Crippen LogP contribution >= 0.6 is 0 Å². The molecule has 0 N–H and O–H groups in total. The lowest BCUT2D eigenvalue weighted by Crippen LogP contribution is -2.25. The van der Waals surface area contributed by atoms with Crippen molar-refractivity contribution in [3.05, 3.63) is 59.9 Å². The Morgan fingerprint density at radius 2 is 1.67 bits per heavy atom. The number of carboxylic acid groups (broad SMARTS) is 2. The van der Waals surface area contributed by atoms with Gasteiger partial charge in [-0.3, -0.25) is 0 Å². The van der Waals surface area contributed by atoms with Gasteiger partial charge in [-0.25, -0.2) is 4.68 Å². The minimum atomic E-state index is -1.50. The average Bonchev–Trinajstić information content (AvgIpc) is 3.24. The van der Waals surface area contributed by atoms with E-state index < -0.39 is 11.9 Å². The number of carboxylic acids is 2. The molecule has 1 aromatic carbocycles. The summed E-state index contributed by atoms with van der Waals surface area (Å²) in [4.78, 5) is 22.0. The smallest absolute Gasteiger partial charge is 0.147 e. The number of hydrogen-bond acceptors (Lipinski definition) is 8. The molecule has 2 heterocycles. The number of carbonyl (C=O) groups is 2. The Morgan fingerprint density at radius 3 is 2.25 bits per heavy atom. The number of rotatable bonds is 5. The molecule has 9 nitrogen and oxygen atoms in total. The summed E-state index contributed by atoms with van der Waals surface area (Å²) in [6, 6.07) is 6.61. The Hall–Kier alpha value is -3.75. The molecule has 9 heteroatoms. The third kappa shape index (κ3) is 3.19. The van der Waals surface area contributed by atoms with Gasteiger partial charge >= 0.3 is 0 Å². The fraction of sp³-hybridized carbons (Fsp3) is 0. The number of carbonyl (C=O) groups excluding carboxylic acids is 2. The van der Waals surface area contributed by atoms with E-state index in [4.69, 9.17) is 4.42 Å². The minimum Gasteiger partial charge on any atom is -0.545 e. The highest BCUT2D eigenvalue weighted by atomic mass is 16.4. The van der Waals surface area contributed by atoms with Crippen LogP contribution in [-0.4, -0.2) is 33.0 Å². The number of aromatic carboxylic acids is 2. The Bertz CT molecular complexity index is 895. The van der Waals surface area contributed by atoms with Crippen LogP contribution in [0.3, 0.4) is 0 Å². The molecule has 0 aliphatic carbocycles. The van der Waals surface area contributed by atoms with E-state index in [9.17, 15) is 19.8 Å². The molecule has 0 bridgehead atoms. The van der Waals surface area contributed by atoms with Gasteiger partial charge in [0.2, 0.25) is 0 Å². The number of hydrogen-bond donors (Lipinski definition) is 0. The summed E-state index contributed by atoms with van der Waals surface area (Å²) < 4.78 is 6.86. The highest BCUT2D eigenvalue weighted by molar-refractivity contribution is 5.94. The van der Waals surface area contributed by atoms with Gasteiger partial charge in [-0.2, -0.15) is 5.10 Å². The van der Waals surface area contributed by atoms with Gasteiger partial charge in [-0.15, -0.1) is 10.2 Å². The molecular formula is C15H8N4O5-2. The molecule has 24 heavy (non-hydrogen) atoms. The predicted octanol–water partition coefficient (Wildman–Crippen LogP) is -0.853. The fourth-order valence-electron chi connectivity index (χ4n) is 1.96. The Kier molecular flexibility index (Phi) is 3.89. The van der Waals surface area contributed by atoms with Gasteiger partial charge in [0.15, 0.2) is 0 Å². The number of furan rings is 1. The molecule has 2 aromatic heterocycles. The van der Waals surface area contributed by atoms with Gasteiger partial charge in [-0.1, -0.05) is 0 Å². The van der Waals surface area contributed by atoms with Crippen LogP contribution in [-0.2, 0) is 0 Å². The molecule has 3 aromatic rings. The van der Waals surface area contributed by atoms with Gasteiger partial charge in [0.05, 0.1) is 18.2 Å². The first-order valence-electron chi connectivity index (χ1n) is 6.60. The molecule has 0 spiro atoms.